The van der Waals surface area contributed by atoms with Crippen molar-refractivity contribution in [1.29, 1.82) is 0 Å². The van der Waals surface area contributed by atoms with Crippen LogP contribution < -0.4 is 0 Å². The fourth-order valence-corrected chi connectivity index (χ4v) is 2.54. The molecule has 0 aliphatic carbocycles. The summed E-state index contributed by atoms with van der Waals surface area (Å²) in [6.45, 7) is 1.82. The van der Waals surface area contributed by atoms with Crippen LogP contribution in [0.3, 0.4) is 0 Å². The van der Waals surface area contributed by atoms with Crippen LogP contribution in [0.25, 0.3) is 5.69 Å². The number of rotatable bonds is 5. The van der Waals surface area contributed by atoms with Gasteiger partial charge in [-0.25, -0.2) is 13.5 Å². The van der Waals surface area contributed by atoms with Gasteiger partial charge in [0.05, 0.1) is 11.4 Å². The van der Waals surface area contributed by atoms with E-state index in [1.54, 1.807) is 18.2 Å². The summed E-state index contributed by atoms with van der Waals surface area (Å²) in [4.78, 5) is 10.6. The SMILES string of the molecule is Cc1ccc(-n2nc(C(F)F)cc2SCC(=O)O)cc1Cl. The van der Waals surface area contributed by atoms with Gasteiger partial charge in [-0.15, -0.1) is 0 Å². The minimum absolute atomic E-state index is 0.242. The van der Waals surface area contributed by atoms with Gasteiger partial charge in [0.1, 0.15) is 10.7 Å². The summed E-state index contributed by atoms with van der Waals surface area (Å²) in [6.07, 6.45) is -2.73. The predicted molar refractivity (Wildman–Crippen MR) is 76.6 cm³/mol. The molecule has 2 rings (SSSR count). The Morgan fingerprint density at radius 2 is 2.19 bits per heavy atom. The number of hydrogen-bond acceptors (Lipinski definition) is 3. The lowest BCUT2D eigenvalue weighted by Crippen LogP contribution is -2.02. The minimum atomic E-state index is -2.73. The summed E-state index contributed by atoms with van der Waals surface area (Å²) < 4.78 is 26.9. The summed E-state index contributed by atoms with van der Waals surface area (Å²) in [5.74, 6) is -1.28. The molecule has 1 N–H and O–H groups in total. The topological polar surface area (TPSA) is 55.1 Å². The van der Waals surface area contributed by atoms with E-state index in [0.717, 1.165) is 17.3 Å². The third-order valence-electron chi connectivity index (χ3n) is 2.66. The number of thioether (sulfide) groups is 1. The molecule has 0 unspecified atom stereocenters. The zero-order chi connectivity index (χ0) is 15.6. The Morgan fingerprint density at radius 3 is 2.76 bits per heavy atom. The first-order valence-electron chi connectivity index (χ1n) is 5.87. The normalized spacial score (nSPS) is 11.1. The third-order valence-corrected chi connectivity index (χ3v) is 4.05. The van der Waals surface area contributed by atoms with E-state index in [-0.39, 0.29) is 5.75 Å². The van der Waals surface area contributed by atoms with Crippen molar-refractivity contribution >= 4 is 29.3 Å². The maximum Gasteiger partial charge on any atom is 0.313 e. The lowest BCUT2D eigenvalue weighted by Gasteiger charge is -2.07. The van der Waals surface area contributed by atoms with Crippen LogP contribution in [-0.2, 0) is 4.79 Å². The monoisotopic (exact) mass is 332 g/mol. The number of carboxylic acids is 1. The molecule has 8 heteroatoms. The standard InChI is InChI=1S/C13H11ClF2N2O2S/c1-7-2-3-8(4-9(7)14)18-11(21-6-12(19)20)5-10(17-18)13(15)16/h2-5,13H,6H2,1H3,(H,19,20). The minimum Gasteiger partial charge on any atom is -0.481 e. The van der Waals surface area contributed by atoms with Gasteiger partial charge in [0, 0.05) is 5.02 Å². The van der Waals surface area contributed by atoms with Gasteiger partial charge in [0.15, 0.2) is 0 Å². The van der Waals surface area contributed by atoms with Gasteiger partial charge in [-0.1, -0.05) is 29.4 Å². The molecule has 4 nitrogen and oxygen atoms in total. The zero-order valence-corrected chi connectivity index (χ0v) is 12.5. The molecule has 0 atom stereocenters. The molecule has 21 heavy (non-hydrogen) atoms. The molecular weight excluding hydrogens is 322 g/mol. The number of benzene rings is 1. The van der Waals surface area contributed by atoms with Crippen molar-refractivity contribution in [1.82, 2.24) is 9.78 Å². The molecule has 1 heterocycles. The van der Waals surface area contributed by atoms with Crippen molar-refractivity contribution in [3.05, 3.63) is 40.5 Å². The average molecular weight is 333 g/mol. The molecule has 0 saturated carbocycles. The molecule has 1 aromatic carbocycles. The first kappa shape index (κ1) is 15.8. The van der Waals surface area contributed by atoms with Gasteiger partial charge in [0.2, 0.25) is 0 Å². The largest absolute Gasteiger partial charge is 0.481 e. The number of aliphatic carboxylic acids is 1. The fourth-order valence-electron chi connectivity index (χ4n) is 1.62. The molecule has 0 fully saturated rings. The lowest BCUT2D eigenvalue weighted by molar-refractivity contribution is -0.133. The smallest absolute Gasteiger partial charge is 0.313 e. The van der Waals surface area contributed by atoms with E-state index in [0.29, 0.717) is 15.7 Å². The van der Waals surface area contributed by atoms with Gasteiger partial charge in [-0.05, 0) is 30.7 Å². The van der Waals surface area contributed by atoms with Gasteiger partial charge >= 0.3 is 5.97 Å². The number of aromatic nitrogens is 2. The Labute approximate surface area is 128 Å². The van der Waals surface area contributed by atoms with Gasteiger partial charge in [0.25, 0.3) is 6.43 Å². The van der Waals surface area contributed by atoms with Crippen LogP contribution in [0.2, 0.25) is 5.02 Å². The first-order valence-corrected chi connectivity index (χ1v) is 7.24. The quantitative estimate of drug-likeness (QED) is 0.842. The Hall–Kier alpha value is -1.60. The van der Waals surface area contributed by atoms with Crippen LogP contribution in [0.4, 0.5) is 8.78 Å². The molecule has 2 aromatic rings. The van der Waals surface area contributed by atoms with E-state index in [1.165, 1.54) is 10.7 Å². The lowest BCUT2D eigenvalue weighted by atomic mass is 10.2. The Bertz CT molecular complexity index is 676. The van der Waals surface area contributed by atoms with Crippen LogP contribution >= 0.6 is 23.4 Å². The molecule has 0 aliphatic heterocycles. The molecule has 0 saturated heterocycles. The molecule has 0 bridgehead atoms. The van der Waals surface area contributed by atoms with Crippen LogP contribution in [0.1, 0.15) is 17.7 Å². The van der Waals surface area contributed by atoms with E-state index in [1.807, 2.05) is 6.92 Å². The molecule has 0 aliphatic rings. The van der Waals surface area contributed by atoms with Crippen LogP contribution in [-0.4, -0.2) is 26.6 Å². The van der Waals surface area contributed by atoms with E-state index in [9.17, 15) is 13.6 Å². The number of carbonyl (C=O) groups is 1. The molecule has 1 aromatic heterocycles. The second kappa shape index (κ2) is 6.44. The van der Waals surface area contributed by atoms with Gasteiger partial charge in [-0.2, -0.15) is 5.10 Å². The highest BCUT2D eigenvalue weighted by Gasteiger charge is 2.18. The summed E-state index contributed by atoms with van der Waals surface area (Å²) >= 11 is 6.95. The van der Waals surface area contributed by atoms with E-state index in [4.69, 9.17) is 16.7 Å². The Morgan fingerprint density at radius 1 is 1.48 bits per heavy atom. The van der Waals surface area contributed by atoms with Crippen LogP contribution in [0.5, 0.6) is 0 Å². The summed E-state index contributed by atoms with van der Waals surface area (Å²) in [5.41, 5.74) is 0.950. The van der Waals surface area contributed by atoms with Crippen molar-refractivity contribution in [2.24, 2.45) is 0 Å². The maximum atomic E-state index is 12.8. The highest BCUT2D eigenvalue weighted by atomic mass is 35.5. The average Bonchev–Trinajstić information content (AvgIpc) is 2.84. The number of hydrogen-bond donors (Lipinski definition) is 1. The molecule has 0 spiro atoms. The van der Waals surface area contributed by atoms with Gasteiger partial charge in [-0.3, -0.25) is 4.79 Å². The van der Waals surface area contributed by atoms with Crippen molar-refractivity contribution in [3.63, 3.8) is 0 Å². The Kier molecular flexibility index (Phi) is 4.84. The van der Waals surface area contributed by atoms with Crippen LogP contribution in [0.15, 0.2) is 29.3 Å². The number of halogens is 3. The van der Waals surface area contributed by atoms with Crippen molar-refractivity contribution in [2.75, 3.05) is 5.75 Å². The van der Waals surface area contributed by atoms with Gasteiger partial charge < -0.3 is 5.11 Å². The second-order valence-electron chi connectivity index (χ2n) is 4.24. The molecular formula is C13H11ClF2N2O2S. The molecule has 0 amide bonds. The van der Waals surface area contributed by atoms with Crippen LogP contribution in [0, 0.1) is 6.92 Å². The molecule has 112 valence electrons. The zero-order valence-electron chi connectivity index (χ0n) is 10.9. The fraction of sp³-hybridized carbons (Fsp3) is 0.231. The number of carboxylic acid groups (broad SMARTS) is 1. The predicted octanol–water partition coefficient (Wildman–Crippen LogP) is 3.95. The van der Waals surface area contributed by atoms with Crippen molar-refractivity contribution in [3.8, 4) is 5.69 Å². The first-order chi connectivity index (χ1) is 9.88. The molecule has 0 radical (unpaired) electrons. The third kappa shape index (κ3) is 3.74. The van der Waals surface area contributed by atoms with Crippen molar-refractivity contribution < 1.29 is 18.7 Å². The van der Waals surface area contributed by atoms with E-state index >= 15 is 0 Å². The number of alkyl halides is 2. The highest BCUT2D eigenvalue weighted by molar-refractivity contribution is 7.99. The number of aryl methyl sites for hydroxylation is 1. The Balaban J connectivity index is 2.44. The number of nitrogens with zero attached hydrogens (tertiary/aromatic N) is 2. The van der Waals surface area contributed by atoms with E-state index < -0.39 is 18.1 Å². The highest BCUT2D eigenvalue weighted by Crippen LogP contribution is 2.29. The summed E-state index contributed by atoms with van der Waals surface area (Å²) in [6, 6.07) is 6.22. The second-order valence-corrected chi connectivity index (χ2v) is 5.64. The summed E-state index contributed by atoms with van der Waals surface area (Å²) in [7, 11) is 0. The maximum absolute atomic E-state index is 12.8. The van der Waals surface area contributed by atoms with E-state index in [2.05, 4.69) is 5.10 Å². The van der Waals surface area contributed by atoms with Crippen molar-refractivity contribution in [2.45, 2.75) is 18.4 Å². The summed E-state index contributed by atoms with van der Waals surface area (Å²) in [5, 5.41) is 13.3.